The second kappa shape index (κ2) is 6.50. The lowest BCUT2D eigenvalue weighted by atomic mass is 10.2. The first-order valence-corrected chi connectivity index (χ1v) is 7.46. The highest BCUT2D eigenvalue weighted by Gasteiger charge is 2.32. The number of aryl methyl sites for hydroxylation is 2. The molecule has 0 spiro atoms. The van der Waals surface area contributed by atoms with Crippen LogP contribution >= 0.6 is 0 Å². The Morgan fingerprint density at radius 3 is 2.48 bits per heavy atom. The molecule has 3 rings (SSSR count). The quantitative estimate of drug-likeness (QED) is 0.782. The fourth-order valence-corrected chi connectivity index (χ4v) is 2.33. The summed E-state index contributed by atoms with van der Waals surface area (Å²) >= 11 is 0. The lowest BCUT2D eigenvalue weighted by Crippen LogP contribution is -2.09. The molecule has 0 saturated heterocycles. The fraction of sp³-hybridized carbons (Fsp3) is 0.250. The van der Waals surface area contributed by atoms with E-state index in [0.29, 0.717) is 18.1 Å². The molecule has 0 saturated carbocycles. The zero-order chi connectivity index (χ0) is 18.0. The minimum atomic E-state index is -4.50. The van der Waals surface area contributed by atoms with Crippen LogP contribution in [-0.2, 0) is 12.7 Å². The van der Waals surface area contributed by atoms with Crippen molar-refractivity contribution in [3.63, 3.8) is 0 Å². The van der Waals surface area contributed by atoms with Crippen LogP contribution in [0.4, 0.5) is 24.7 Å². The van der Waals surface area contributed by atoms with Crippen LogP contribution in [0.3, 0.4) is 0 Å². The van der Waals surface area contributed by atoms with E-state index in [0.717, 1.165) is 17.5 Å². The maximum atomic E-state index is 12.5. The Morgan fingerprint density at radius 1 is 1.08 bits per heavy atom. The molecule has 25 heavy (non-hydrogen) atoms. The van der Waals surface area contributed by atoms with Crippen molar-refractivity contribution in [1.82, 2.24) is 25.0 Å². The van der Waals surface area contributed by atoms with E-state index in [4.69, 9.17) is 0 Å². The van der Waals surface area contributed by atoms with E-state index in [1.165, 1.54) is 6.07 Å². The van der Waals surface area contributed by atoms with Crippen molar-refractivity contribution in [2.75, 3.05) is 5.32 Å². The monoisotopic (exact) mass is 348 g/mol. The largest absolute Gasteiger partial charge is 0.435 e. The Bertz CT molecular complexity index is 870. The molecule has 0 fully saturated rings. The van der Waals surface area contributed by atoms with Crippen LogP contribution in [0.5, 0.6) is 0 Å². The summed E-state index contributed by atoms with van der Waals surface area (Å²) in [6.45, 7) is 4.24. The molecule has 0 radical (unpaired) electrons. The maximum absolute atomic E-state index is 12.5. The molecule has 0 bridgehead atoms. The highest BCUT2D eigenvalue weighted by Crippen LogP contribution is 2.27. The second-order valence-electron chi connectivity index (χ2n) is 5.49. The number of nitrogens with zero attached hydrogens (tertiary/aromatic N) is 5. The van der Waals surface area contributed by atoms with Crippen molar-refractivity contribution in [3.05, 3.63) is 59.3 Å². The Labute approximate surface area is 141 Å². The van der Waals surface area contributed by atoms with Crippen molar-refractivity contribution in [3.8, 4) is 0 Å². The summed E-state index contributed by atoms with van der Waals surface area (Å²) in [5.74, 6) is 1.74. The number of alkyl halides is 3. The molecule has 9 heteroatoms. The number of hydrogen-bond acceptors (Lipinski definition) is 5. The molecule has 0 aliphatic heterocycles. The number of halogens is 3. The molecule has 0 aliphatic rings. The van der Waals surface area contributed by atoms with Crippen LogP contribution in [0.15, 0.2) is 36.4 Å². The van der Waals surface area contributed by atoms with E-state index in [9.17, 15) is 13.2 Å². The Morgan fingerprint density at radius 2 is 1.88 bits per heavy atom. The van der Waals surface area contributed by atoms with Crippen LogP contribution in [0.2, 0.25) is 0 Å². The molecule has 3 aromatic rings. The summed E-state index contributed by atoms with van der Waals surface area (Å²) in [7, 11) is 0. The first-order valence-electron chi connectivity index (χ1n) is 7.46. The topological polar surface area (TPSA) is 68.5 Å². The summed E-state index contributed by atoms with van der Waals surface area (Å²) < 4.78 is 39.3. The van der Waals surface area contributed by atoms with E-state index in [1.807, 2.05) is 32.0 Å². The number of hydrogen-bond donors (Lipinski definition) is 1. The van der Waals surface area contributed by atoms with E-state index >= 15 is 0 Å². The summed E-state index contributed by atoms with van der Waals surface area (Å²) in [6, 6.07) is 9.57. The first kappa shape index (κ1) is 16.9. The lowest BCUT2D eigenvalue weighted by molar-refractivity contribution is -0.141. The smallest absolute Gasteiger partial charge is 0.339 e. The van der Waals surface area contributed by atoms with Crippen LogP contribution in [0.1, 0.15) is 22.9 Å². The molecular weight excluding hydrogens is 333 g/mol. The van der Waals surface area contributed by atoms with Gasteiger partial charge in [-0.25, -0.2) is 9.67 Å². The molecule has 0 atom stereocenters. The summed E-state index contributed by atoms with van der Waals surface area (Å²) in [4.78, 5) is 4.25. The van der Waals surface area contributed by atoms with Gasteiger partial charge in [-0.1, -0.05) is 12.1 Å². The average molecular weight is 348 g/mol. The minimum Gasteiger partial charge on any atom is -0.339 e. The van der Waals surface area contributed by atoms with Crippen molar-refractivity contribution < 1.29 is 13.2 Å². The van der Waals surface area contributed by atoms with Crippen molar-refractivity contribution >= 4 is 11.5 Å². The van der Waals surface area contributed by atoms with E-state index in [2.05, 4.69) is 25.6 Å². The van der Waals surface area contributed by atoms with Crippen molar-refractivity contribution in [1.29, 1.82) is 0 Å². The van der Waals surface area contributed by atoms with Gasteiger partial charge in [0, 0.05) is 5.69 Å². The molecule has 1 N–H and O–H groups in total. The van der Waals surface area contributed by atoms with Crippen LogP contribution in [0.25, 0.3) is 0 Å². The third kappa shape index (κ3) is 4.11. The normalized spacial score (nSPS) is 11.6. The summed E-state index contributed by atoms with van der Waals surface area (Å²) in [6.07, 6.45) is -4.50. The van der Waals surface area contributed by atoms with Crippen molar-refractivity contribution in [2.45, 2.75) is 26.6 Å². The highest BCUT2D eigenvalue weighted by atomic mass is 19.4. The van der Waals surface area contributed by atoms with Gasteiger partial charge in [-0.3, -0.25) is 0 Å². The van der Waals surface area contributed by atoms with Gasteiger partial charge in [0.15, 0.2) is 11.5 Å². The molecule has 130 valence electrons. The first-order chi connectivity index (χ1) is 11.8. The van der Waals surface area contributed by atoms with E-state index in [-0.39, 0.29) is 5.82 Å². The molecule has 2 aromatic heterocycles. The van der Waals surface area contributed by atoms with Crippen molar-refractivity contribution in [2.24, 2.45) is 0 Å². The third-order valence-corrected chi connectivity index (χ3v) is 3.45. The average Bonchev–Trinajstić information content (AvgIpc) is 2.85. The Kier molecular flexibility index (Phi) is 4.39. The van der Waals surface area contributed by atoms with Gasteiger partial charge in [0.25, 0.3) is 0 Å². The number of aromatic nitrogens is 5. The molecule has 0 amide bonds. The zero-order valence-corrected chi connectivity index (χ0v) is 13.5. The van der Waals surface area contributed by atoms with Crippen LogP contribution in [-0.4, -0.2) is 25.0 Å². The molecule has 2 heterocycles. The molecule has 6 nitrogen and oxygen atoms in total. The van der Waals surface area contributed by atoms with Crippen LogP contribution in [0, 0.1) is 13.8 Å². The number of benzene rings is 1. The van der Waals surface area contributed by atoms with Gasteiger partial charge < -0.3 is 5.32 Å². The third-order valence-electron chi connectivity index (χ3n) is 3.45. The predicted molar refractivity (Wildman–Crippen MR) is 85.4 cm³/mol. The maximum Gasteiger partial charge on any atom is 0.435 e. The molecular formula is C16H15F3N6. The number of rotatable bonds is 4. The van der Waals surface area contributed by atoms with E-state index < -0.39 is 11.9 Å². The fourth-order valence-electron chi connectivity index (χ4n) is 2.33. The standard InChI is InChI=1S/C16H15F3N6/c1-10-20-11(2)25(24-10)9-12-4-3-5-13(8-12)21-15-7-6-14(22-23-15)16(17,18)19/h3-8H,9H2,1-2H3,(H,21,23). The van der Waals surface area contributed by atoms with Gasteiger partial charge in [-0.05, 0) is 43.7 Å². The van der Waals surface area contributed by atoms with Gasteiger partial charge in [0.2, 0.25) is 0 Å². The van der Waals surface area contributed by atoms with Gasteiger partial charge >= 0.3 is 6.18 Å². The number of nitrogens with one attached hydrogen (secondary N) is 1. The second-order valence-corrected chi connectivity index (χ2v) is 5.49. The summed E-state index contributed by atoms with van der Waals surface area (Å²) in [5.41, 5.74) is 0.641. The zero-order valence-electron chi connectivity index (χ0n) is 13.5. The SMILES string of the molecule is Cc1nc(C)n(Cc2cccc(Nc3ccc(C(F)(F)F)nn3)c2)n1. The lowest BCUT2D eigenvalue weighted by Gasteiger charge is -2.09. The molecule has 0 aliphatic carbocycles. The predicted octanol–water partition coefficient (Wildman–Crippen LogP) is 3.50. The highest BCUT2D eigenvalue weighted by molar-refractivity contribution is 5.56. The Hall–Kier alpha value is -2.97. The molecule has 0 unspecified atom stereocenters. The van der Waals surface area contributed by atoms with Crippen LogP contribution < -0.4 is 5.32 Å². The van der Waals surface area contributed by atoms with Gasteiger partial charge in [-0.15, -0.1) is 10.2 Å². The van der Waals surface area contributed by atoms with Gasteiger partial charge in [-0.2, -0.15) is 18.3 Å². The van der Waals surface area contributed by atoms with Gasteiger partial charge in [0.05, 0.1) is 6.54 Å². The minimum absolute atomic E-state index is 0.234. The van der Waals surface area contributed by atoms with Gasteiger partial charge in [0.1, 0.15) is 11.6 Å². The summed E-state index contributed by atoms with van der Waals surface area (Å²) in [5, 5.41) is 14.0. The van der Waals surface area contributed by atoms with E-state index in [1.54, 1.807) is 10.7 Å². The Balaban J connectivity index is 1.74. The number of anilines is 2. The molecule has 1 aromatic carbocycles.